The molecule has 33 heavy (non-hydrogen) atoms. The van der Waals surface area contributed by atoms with Gasteiger partial charge in [0.25, 0.3) is 0 Å². The molecule has 0 saturated carbocycles. The number of esters is 1. The van der Waals surface area contributed by atoms with Crippen molar-refractivity contribution in [3.8, 4) is 11.5 Å². The number of hydrazone groups is 1. The fraction of sp³-hybridized carbons (Fsp3) is 0.238. The number of amides is 2. The lowest BCUT2D eigenvalue weighted by Gasteiger charge is -2.13. The van der Waals surface area contributed by atoms with Crippen molar-refractivity contribution in [1.29, 1.82) is 0 Å². The topological polar surface area (TPSA) is 115 Å². The third-order valence-corrected chi connectivity index (χ3v) is 5.46. The maximum atomic E-state index is 12.0. The summed E-state index contributed by atoms with van der Waals surface area (Å²) in [5.41, 5.74) is 3.17. The van der Waals surface area contributed by atoms with Crippen LogP contribution in [0.5, 0.6) is 11.5 Å². The highest BCUT2D eigenvalue weighted by atomic mass is 127. The molecule has 0 spiro atoms. The second kappa shape index (κ2) is 13.2. The van der Waals surface area contributed by atoms with Crippen LogP contribution >= 0.6 is 45.8 Å². The molecule has 0 heterocycles. The molecule has 12 heteroatoms. The van der Waals surface area contributed by atoms with E-state index in [2.05, 4.69) is 15.8 Å². The first kappa shape index (κ1) is 26.7. The van der Waals surface area contributed by atoms with E-state index in [1.165, 1.54) is 13.3 Å². The average molecular weight is 608 g/mol. The Labute approximate surface area is 213 Å². The van der Waals surface area contributed by atoms with Crippen LogP contribution in [0, 0.1) is 3.57 Å². The predicted octanol–water partition coefficient (Wildman–Crippen LogP) is 4.03. The van der Waals surface area contributed by atoms with E-state index in [0.29, 0.717) is 26.3 Å². The van der Waals surface area contributed by atoms with Gasteiger partial charge in [-0.3, -0.25) is 9.59 Å². The Hall–Kier alpha value is -2.57. The van der Waals surface area contributed by atoms with Crippen LogP contribution in [0.3, 0.4) is 0 Å². The van der Waals surface area contributed by atoms with E-state index < -0.39 is 24.2 Å². The van der Waals surface area contributed by atoms with E-state index in [1.54, 1.807) is 37.3 Å². The highest BCUT2D eigenvalue weighted by Crippen LogP contribution is 2.33. The van der Waals surface area contributed by atoms with Crippen molar-refractivity contribution in [3.05, 3.63) is 49.5 Å². The molecule has 0 fully saturated rings. The first-order chi connectivity index (χ1) is 15.7. The monoisotopic (exact) mass is 607 g/mol. The summed E-state index contributed by atoms with van der Waals surface area (Å²) in [6, 6.07) is 8.10. The first-order valence-electron chi connectivity index (χ1n) is 9.46. The summed E-state index contributed by atoms with van der Waals surface area (Å²) in [7, 11) is 1.45. The number of nitrogens with one attached hydrogen (secondary N) is 2. The minimum atomic E-state index is -0.627. The van der Waals surface area contributed by atoms with E-state index in [4.69, 9.17) is 37.4 Å². The molecule has 0 unspecified atom stereocenters. The molecule has 0 saturated heterocycles. The quantitative estimate of drug-likeness (QED) is 0.139. The number of ether oxygens (including phenoxy) is 3. The van der Waals surface area contributed by atoms with Crippen molar-refractivity contribution in [1.82, 2.24) is 5.43 Å². The first-order valence-corrected chi connectivity index (χ1v) is 11.3. The molecule has 0 radical (unpaired) electrons. The van der Waals surface area contributed by atoms with Crippen molar-refractivity contribution < 1.29 is 28.6 Å². The number of carbonyl (C=O) groups is 3. The van der Waals surface area contributed by atoms with Gasteiger partial charge in [0.1, 0.15) is 6.42 Å². The third kappa shape index (κ3) is 8.37. The maximum absolute atomic E-state index is 12.0. The third-order valence-electron chi connectivity index (χ3n) is 3.84. The molecule has 0 aliphatic rings. The van der Waals surface area contributed by atoms with Crippen molar-refractivity contribution in [2.24, 2.45) is 5.10 Å². The number of hydrogen-bond acceptors (Lipinski definition) is 7. The van der Waals surface area contributed by atoms with Gasteiger partial charge in [-0.1, -0.05) is 29.3 Å². The summed E-state index contributed by atoms with van der Waals surface area (Å²) in [6.07, 6.45) is 0.908. The molecule has 2 rings (SSSR count). The molecule has 2 aromatic rings. The second-order valence-electron chi connectivity index (χ2n) is 6.25. The molecular formula is C21H20Cl2IN3O6. The Kier molecular flexibility index (Phi) is 10.7. The van der Waals surface area contributed by atoms with Crippen molar-refractivity contribution in [3.63, 3.8) is 0 Å². The molecule has 0 aliphatic heterocycles. The Morgan fingerprint density at radius 1 is 1.18 bits per heavy atom. The summed E-state index contributed by atoms with van der Waals surface area (Å²) in [6.45, 7) is 1.70. The van der Waals surface area contributed by atoms with Crippen LogP contribution in [0.1, 0.15) is 18.9 Å². The van der Waals surface area contributed by atoms with Crippen LogP contribution in [-0.4, -0.2) is 44.3 Å². The van der Waals surface area contributed by atoms with Gasteiger partial charge in [0.05, 0.1) is 39.2 Å². The highest BCUT2D eigenvalue weighted by Gasteiger charge is 2.14. The van der Waals surface area contributed by atoms with E-state index in [0.717, 1.165) is 0 Å². The van der Waals surface area contributed by atoms with E-state index in [-0.39, 0.29) is 23.3 Å². The minimum absolute atomic E-state index is 0.184. The fourth-order valence-electron chi connectivity index (χ4n) is 2.45. The lowest BCUT2D eigenvalue weighted by atomic mass is 10.2. The number of anilines is 1. The summed E-state index contributed by atoms with van der Waals surface area (Å²) in [5.74, 6) is -0.949. The maximum Gasteiger partial charge on any atom is 0.344 e. The lowest BCUT2D eigenvalue weighted by molar-refractivity contribution is -0.145. The Morgan fingerprint density at radius 3 is 2.64 bits per heavy atom. The van der Waals surface area contributed by atoms with Crippen LogP contribution in [0.25, 0.3) is 0 Å². The Bertz CT molecular complexity index is 1060. The average Bonchev–Trinajstić information content (AvgIpc) is 2.76. The predicted molar refractivity (Wildman–Crippen MR) is 133 cm³/mol. The SMILES string of the molecule is CCOC(=O)COc1c(I)cc(C=NNC(=O)CC(=O)Nc2cccc(Cl)c2Cl)cc1OC. The molecule has 0 bridgehead atoms. The standard InChI is InChI=1S/C21H20Cl2IN3O6/c1-3-32-19(30)11-33-21-14(24)7-12(8-16(21)31-2)10-25-27-18(29)9-17(28)26-15-6-4-5-13(22)20(15)23/h4-8,10H,3,9,11H2,1-2H3,(H,26,28)(H,27,29). The number of methoxy groups -OCH3 is 1. The van der Waals surface area contributed by atoms with Crippen LogP contribution in [0.2, 0.25) is 10.0 Å². The minimum Gasteiger partial charge on any atom is -0.493 e. The number of hydrogen-bond donors (Lipinski definition) is 2. The number of rotatable bonds is 10. The summed E-state index contributed by atoms with van der Waals surface area (Å²) in [5, 5.41) is 6.83. The smallest absolute Gasteiger partial charge is 0.344 e. The summed E-state index contributed by atoms with van der Waals surface area (Å²) >= 11 is 13.9. The van der Waals surface area contributed by atoms with Gasteiger partial charge in [0.2, 0.25) is 11.8 Å². The zero-order valence-corrected chi connectivity index (χ0v) is 21.3. The van der Waals surface area contributed by atoms with E-state index in [9.17, 15) is 14.4 Å². The molecule has 0 aliphatic carbocycles. The molecular weight excluding hydrogens is 588 g/mol. The molecule has 2 N–H and O–H groups in total. The van der Waals surface area contributed by atoms with Gasteiger partial charge in [-0.15, -0.1) is 0 Å². The van der Waals surface area contributed by atoms with Crippen LogP contribution in [0.15, 0.2) is 35.4 Å². The van der Waals surface area contributed by atoms with Gasteiger partial charge >= 0.3 is 5.97 Å². The zero-order chi connectivity index (χ0) is 24.4. The van der Waals surface area contributed by atoms with Crippen molar-refractivity contribution in [2.75, 3.05) is 25.6 Å². The van der Waals surface area contributed by atoms with Gasteiger partial charge in [0.15, 0.2) is 18.1 Å². The van der Waals surface area contributed by atoms with Gasteiger partial charge in [0, 0.05) is 0 Å². The Morgan fingerprint density at radius 2 is 1.94 bits per heavy atom. The number of carbonyl (C=O) groups excluding carboxylic acids is 3. The van der Waals surface area contributed by atoms with Crippen LogP contribution < -0.4 is 20.2 Å². The molecule has 2 amide bonds. The van der Waals surface area contributed by atoms with Gasteiger partial charge in [-0.2, -0.15) is 5.10 Å². The molecule has 0 atom stereocenters. The van der Waals surface area contributed by atoms with E-state index in [1.807, 2.05) is 22.6 Å². The van der Waals surface area contributed by atoms with Crippen LogP contribution in [0.4, 0.5) is 5.69 Å². The molecule has 9 nitrogen and oxygen atoms in total. The number of halogens is 3. The molecule has 0 aromatic heterocycles. The highest BCUT2D eigenvalue weighted by molar-refractivity contribution is 14.1. The van der Waals surface area contributed by atoms with E-state index >= 15 is 0 Å². The second-order valence-corrected chi connectivity index (χ2v) is 8.19. The van der Waals surface area contributed by atoms with Gasteiger partial charge in [-0.25, -0.2) is 10.2 Å². The van der Waals surface area contributed by atoms with Crippen LogP contribution in [-0.2, 0) is 19.1 Å². The number of benzene rings is 2. The normalized spacial score (nSPS) is 10.6. The van der Waals surface area contributed by atoms with Gasteiger partial charge in [-0.05, 0) is 59.3 Å². The van der Waals surface area contributed by atoms with Gasteiger partial charge < -0.3 is 19.5 Å². The molecule has 176 valence electrons. The molecule has 2 aromatic carbocycles. The lowest BCUT2D eigenvalue weighted by Crippen LogP contribution is -2.24. The fourth-order valence-corrected chi connectivity index (χ4v) is 3.58. The van der Waals surface area contributed by atoms with Crippen molar-refractivity contribution in [2.45, 2.75) is 13.3 Å². The van der Waals surface area contributed by atoms with Crippen molar-refractivity contribution >= 4 is 75.5 Å². The largest absolute Gasteiger partial charge is 0.493 e. The zero-order valence-electron chi connectivity index (χ0n) is 17.6. The number of nitrogens with zero attached hydrogens (tertiary/aromatic N) is 1. The summed E-state index contributed by atoms with van der Waals surface area (Å²) in [4.78, 5) is 35.6. The summed E-state index contributed by atoms with van der Waals surface area (Å²) < 4.78 is 16.3. The Balaban J connectivity index is 1.95.